The summed E-state index contributed by atoms with van der Waals surface area (Å²) in [4.78, 5) is 18.5. The number of hydrogen-bond donors (Lipinski definition) is 3. The average molecular weight is 419 g/mol. The van der Waals surface area contributed by atoms with Crippen LogP contribution in [0.1, 0.15) is 79.1 Å². The fourth-order valence-electron chi connectivity index (χ4n) is 2.73. The van der Waals surface area contributed by atoms with E-state index in [1.54, 1.807) is 0 Å². The van der Waals surface area contributed by atoms with E-state index >= 15 is 0 Å². The van der Waals surface area contributed by atoms with Crippen molar-refractivity contribution in [3.8, 4) is 0 Å². The van der Waals surface area contributed by atoms with Gasteiger partial charge < -0.3 is 14.9 Å². The first-order valence-electron chi connectivity index (χ1n) is 9.62. The van der Waals surface area contributed by atoms with E-state index in [0.29, 0.717) is 6.42 Å². The van der Waals surface area contributed by atoms with Gasteiger partial charge in [0.25, 0.3) is 5.40 Å². The van der Waals surface area contributed by atoms with E-state index in [-0.39, 0.29) is 6.42 Å². The standard InChI is InChI=1S/C20H36O5P2/c1-17(2)10-8-12-19(4)14-9-13-18(3)11-6-5-7-15-20(26(22)16-21)27(23,24)25/h10-11,14,20-21H,5-9,12-13,15-16H2,1-4H3,(H-,23,24,25)/p+1. The summed E-state index contributed by atoms with van der Waals surface area (Å²) in [5.74, 6) is 0. The molecule has 0 rings (SSSR count). The van der Waals surface area contributed by atoms with Gasteiger partial charge in [0.1, 0.15) is 0 Å². The van der Waals surface area contributed by atoms with Crippen molar-refractivity contribution in [3.05, 3.63) is 34.9 Å². The quantitative estimate of drug-likeness (QED) is 0.176. The first-order valence-corrected chi connectivity index (χ1v) is 12.8. The van der Waals surface area contributed by atoms with Crippen molar-refractivity contribution in [3.63, 3.8) is 0 Å². The van der Waals surface area contributed by atoms with Crippen molar-refractivity contribution in [1.82, 2.24) is 0 Å². The van der Waals surface area contributed by atoms with E-state index in [4.69, 9.17) is 5.11 Å². The average Bonchev–Trinajstić information content (AvgIpc) is 2.55. The summed E-state index contributed by atoms with van der Waals surface area (Å²) < 4.78 is 22.9. The van der Waals surface area contributed by atoms with Crippen LogP contribution in [0.4, 0.5) is 0 Å². The number of aliphatic hydroxyl groups is 1. The van der Waals surface area contributed by atoms with Gasteiger partial charge in [-0.1, -0.05) is 39.5 Å². The van der Waals surface area contributed by atoms with E-state index in [0.717, 1.165) is 38.5 Å². The van der Waals surface area contributed by atoms with Crippen LogP contribution in [-0.4, -0.2) is 26.6 Å². The van der Waals surface area contributed by atoms with Crippen LogP contribution in [0.15, 0.2) is 34.9 Å². The van der Waals surface area contributed by atoms with Crippen LogP contribution in [-0.2, 0) is 9.13 Å². The van der Waals surface area contributed by atoms with Crippen molar-refractivity contribution < 1.29 is 24.0 Å². The molecule has 5 nitrogen and oxygen atoms in total. The lowest BCUT2D eigenvalue weighted by molar-refractivity contribution is 0.350. The molecule has 0 aromatic rings. The molecule has 0 saturated heterocycles. The zero-order valence-electron chi connectivity index (χ0n) is 17.2. The molecule has 0 spiro atoms. The van der Waals surface area contributed by atoms with Gasteiger partial charge in [0.2, 0.25) is 6.35 Å². The van der Waals surface area contributed by atoms with E-state index in [2.05, 4.69) is 45.9 Å². The monoisotopic (exact) mass is 419 g/mol. The molecule has 156 valence electrons. The molecule has 0 aliphatic heterocycles. The lowest BCUT2D eigenvalue weighted by Gasteiger charge is -2.08. The van der Waals surface area contributed by atoms with E-state index in [1.807, 2.05) is 0 Å². The summed E-state index contributed by atoms with van der Waals surface area (Å²) in [6, 6.07) is 0. The SMILES string of the molecule is CC(C)=CCCC(C)=CCCC(C)=CCCCCC([P+](=O)CO)P(=O)(O)O. The maximum absolute atomic E-state index is 11.6. The van der Waals surface area contributed by atoms with Gasteiger partial charge in [-0.3, -0.25) is 4.57 Å². The van der Waals surface area contributed by atoms with Gasteiger partial charge in [-0.2, -0.15) is 0 Å². The molecule has 27 heavy (non-hydrogen) atoms. The Morgan fingerprint density at radius 3 is 1.93 bits per heavy atom. The molecule has 0 aromatic carbocycles. The molecule has 0 saturated carbocycles. The summed E-state index contributed by atoms with van der Waals surface area (Å²) in [5.41, 5.74) is 4.09. The zero-order valence-corrected chi connectivity index (χ0v) is 19.0. The predicted molar refractivity (Wildman–Crippen MR) is 114 cm³/mol. The van der Waals surface area contributed by atoms with E-state index in [9.17, 15) is 18.9 Å². The van der Waals surface area contributed by atoms with Gasteiger partial charge in [-0.15, -0.1) is 0 Å². The van der Waals surface area contributed by atoms with Crippen molar-refractivity contribution in [2.24, 2.45) is 0 Å². The van der Waals surface area contributed by atoms with E-state index < -0.39 is 27.1 Å². The minimum atomic E-state index is -4.42. The molecule has 2 atom stereocenters. The van der Waals surface area contributed by atoms with Gasteiger partial charge in [0.05, 0.1) is 0 Å². The molecule has 0 aliphatic carbocycles. The maximum Gasteiger partial charge on any atom is 0.382 e. The molecule has 7 heteroatoms. The smallest absolute Gasteiger partial charge is 0.353 e. The fourth-order valence-corrected chi connectivity index (χ4v) is 5.47. The minimum absolute atomic E-state index is 0.181. The zero-order chi connectivity index (χ0) is 20.9. The van der Waals surface area contributed by atoms with Crippen LogP contribution in [0.5, 0.6) is 0 Å². The highest BCUT2D eigenvalue weighted by molar-refractivity contribution is 7.67. The molecule has 0 heterocycles. The van der Waals surface area contributed by atoms with Crippen LogP contribution in [0.25, 0.3) is 0 Å². The van der Waals surface area contributed by atoms with Gasteiger partial charge in [-0.25, -0.2) is 0 Å². The lowest BCUT2D eigenvalue weighted by atomic mass is 10.1. The Bertz CT molecular complexity index is 583. The molecule has 0 aliphatic rings. The van der Waals surface area contributed by atoms with Crippen LogP contribution in [0.3, 0.4) is 0 Å². The summed E-state index contributed by atoms with van der Waals surface area (Å²) in [5, 5.41) is 7.67. The number of rotatable bonds is 14. The summed E-state index contributed by atoms with van der Waals surface area (Å²) >= 11 is 0. The van der Waals surface area contributed by atoms with Crippen molar-refractivity contribution in [2.45, 2.75) is 84.5 Å². The Morgan fingerprint density at radius 2 is 1.44 bits per heavy atom. The van der Waals surface area contributed by atoms with Gasteiger partial charge >= 0.3 is 15.4 Å². The third-order valence-electron chi connectivity index (χ3n) is 4.39. The number of unbranched alkanes of at least 4 members (excludes halogenated alkanes) is 2. The Hall–Kier alpha value is -0.570. The van der Waals surface area contributed by atoms with Crippen molar-refractivity contribution >= 4 is 15.4 Å². The molecule has 3 N–H and O–H groups in total. The highest BCUT2D eigenvalue weighted by atomic mass is 31.2. The molecule has 2 unspecified atom stereocenters. The molecular formula is C20H37O5P2+. The Morgan fingerprint density at radius 1 is 0.926 bits per heavy atom. The number of aliphatic hydroxyl groups excluding tert-OH is 1. The second-order valence-corrected chi connectivity index (χ2v) is 11.3. The Labute approximate surface area is 165 Å². The number of allylic oxidation sites excluding steroid dienone is 6. The first kappa shape index (κ1) is 26.4. The third-order valence-corrected chi connectivity index (χ3v) is 8.30. The summed E-state index contributed by atoms with van der Waals surface area (Å²) in [6.07, 6.45) is 12.7. The maximum atomic E-state index is 11.6. The normalized spacial score (nSPS) is 14.9. The van der Waals surface area contributed by atoms with Gasteiger partial charge in [0, 0.05) is 6.42 Å². The molecular weight excluding hydrogens is 382 g/mol. The number of hydrogen-bond acceptors (Lipinski definition) is 3. The Balaban J connectivity index is 4.14. The van der Waals surface area contributed by atoms with Crippen LogP contribution in [0, 0.1) is 0 Å². The van der Waals surface area contributed by atoms with Crippen LogP contribution in [0.2, 0.25) is 0 Å². The predicted octanol–water partition coefficient (Wildman–Crippen LogP) is 6.25. The Kier molecular flexibility index (Phi) is 14.1. The summed E-state index contributed by atoms with van der Waals surface area (Å²) in [6.45, 7) is 8.51. The highest BCUT2D eigenvalue weighted by Gasteiger charge is 2.43. The van der Waals surface area contributed by atoms with Crippen molar-refractivity contribution in [1.29, 1.82) is 0 Å². The van der Waals surface area contributed by atoms with Gasteiger partial charge in [0.15, 0.2) is 0 Å². The topological polar surface area (TPSA) is 94.8 Å². The van der Waals surface area contributed by atoms with E-state index in [1.165, 1.54) is 16.7 Å². The molecule has 0 radical (unpaired) electrons. The lowest BCUT2D eigenvalue weighted by Crippen LogP contribution is -2.05. The largest absolute Gasteiger partial charge is 0.382 e. The highest BCUT2D eigenvalue weighted by Crippen LogP contribution is 2.55. The molecule has 0 fully saturated rings. The van der Waals surface area contributed by atoms with Crippen LogP contribution >= 0.6 is 15.4 Å². The second kappa shape index (κ2) is 14.4. The summed E-state index contributed by atoms with van der Waals surface area (Å²) in [7, 11) is -6.69. The third kappa shape index (κ3) is 14.1. The molecule has 0 bridgehead atoms. The second-order valence-electron chi connectivity index (χ2n) is 7.37. The molecule has 0 amide bonds. The van der Waals surface area contributed by atoms with Gasteiger partial charge in [-0.05, 0) is 72.6 Å². The van der Waals surface area contributed by atoms with Crippen LogP contribution < -0.4 is 0 Å². The van der Waals surface area contributed by atoms with Crippen molar-refractivity contribution in [2.75, 3.05) is 6.35 Å². The first-order chi connectivity index (χ1) is 12.6. The molecule has 0 aromatic heterocycles. The fraction of sp³-hybridized carbons (Fsp3) is 0.700. The minimum Gasteiger partial charge on any atom is -0.353 e.